The molecule has 1 saturated heterocycles. The molecule has 2 N–H and O–H groups in total. The normalized spacial score (nSPS) is 21.0. The minimum atomic E-state index is -1.32. The van der Waals surface area contributed by atoms with Gasteiger partial charge in [0, 0.05) is 36.8 Å². The van der Waals surface area contributed by atoms with E-state index in [1.54, 1.807) is 17.0 Å². The van der Waals surface area contributed by atoms with E-state index in [1.165, 1.54) is 13.2 Å². The lowest BCUT2D eigenvalue weighted by Crippen LogP contribution is -2.65. The van der Waals surface area contributed by atoms with E-state index in [1.807, 2.05) is 18.2 Å². The van der Waals surface area contributed by atoms with Crippen molar-refractivity contribution in [2.24, 2.45) is 0 Å². The number of amides is 1. The third-order valence-electron chi connectivity index (χ3n) is 8.73. The highest BCUT2D eigenvalue weighted by Gasteiger charge is 2.44. The molecular weight excluding hydrogens is 574 g/mol. The number of benzene rings is 3. The Balaban J connectivity index is 1.10. The monoisotopic (exact) mass is 609 g/mol. The van der Waals surface area contributed by atoms with Crippen molar-refractivity contribution < 1.29 is 31.8 Å². The number of nitrogens with one attached hydrogen (secondary N) is 2. The summed E-state index contributed by atoms with van der Waals surface area (Å²) in [5.74, 6) is -3.97. The molecule has 44 heavy (non-hydrogen) atoms. The summed E-state index contributed by atoms with van der Waals surface area (Å²) in [7, 11) is 1.54. The van der Waals surface area contributed by atoms with E-state index in [4.69, 9.17) is 9.47 Å². The highest BCUT2D eigenvalue weighted by atomic mass is 19.2. The molecule has 3 aromatic rings. The molecule has 1 amide bonds. The topological polar surface area (TPSA) is 62.8 Å². The maximum atomic E-state index is 14.6. The summed E-state index contributed by atoms with van der Waals surface area (Å²) in [5.41, 5.74) is 2.86. The first-order chi connectivity index (χ1) is 21.3. The van der Waals surface area contributed by atoms with Crippen molar-refractivity contribution in [3.8, 4) is 11.5 Å². The van der Waals surface area contributed by atoms with Crippen molar-refractivity contribution in [1.29, 1.82) is 0 Å². The number of piperazine rings is 1. The van der Waals surface area contributed by atoms with Crippen LogP contribution in [0, 0.1) is 23.3 Å². The summed E-state index contributed by atoms with van der Waals surface area (Å²) in [6.45, 7) is 1.53. The summed E-state index contributed by atoms with van der Waals surface area (Å²) in [5, 5.41) is 7.23. The van der Waals surface area contributed by atoms with Crippen molar-refractivity contribution in [3.63, 3.8) is 0 Å². The van der Waals surface area contributed by atoms with Gasteiger partial charge in [-0.15, -0.1) is 0 Å². The molecule has 1 aliphatic carbocycles. The summed E-state index contributed by atoms with van der Waals surface area (Å²) in [4.78, 5) is 15.7. The Bertz CT molecular complexity index is 1560. The molecule has 3 aromatic carbocycles. The maximum absolute atomic E-state index is 14.6. The zero-order valence-electron chi connectivity index (χ0n) is 24.5. The number of methoxy groups -OCH3 is 1. The van der Waals surface area contributed by atoms with Crippen LogP contribution >= 0.6 is 0 Å². The van der Waals surface area contributed by atoms with Gasteiger partial charge in [-0.3, -0.25) is 10.1 Å². The Morgan fingerprint density at radius 3 is 2.50 bits per heavy atom. The highest BCUT2D eigenvalue weighted by molar-refractivity contribution is 5.95. The van der Waals surface area contributed by atoms with Crippen LogP contribution in [0.5, 0.6) is 11.5 Å². The van der Waals surface area contributed by atoms with Gasteiger partial charge in [-0.1, -0.05) is 30.3 Å². The fraction of sp³-hybridized carbons (Fsp3) is 0.382. The fourth-order valence-corrected chi connectivity index (χ4v) is 6.13. The van der Waals surface area contributed by atoms with Gasteiger partial charge in [-0.25, -0.2) is 13.2 Å². The standard InChI is InChI=1S/C34H35F4N3O3/c1-43-25-10-11-27(35)22(17-25)19-41(24-8-9-24)33(42)26-14-15-34(20-39-18-30(26)40-34)23-6-4-21(5-7-23)3-2-16-44-32-29(37)13-12-28(36)31(32)38/h4-7,10-14,17,24,30,39-40H,2-3,8-9,15-16,18-20H2,1H3. The van der Waals surface area contributed by atoms with Gasteiger partial charge in [0.15, 0.2) is 17.4 Å². The number of rotatable bonds is 11. The molecule has 2 aliphatic heterocycles. The number of ether oxygens (including phenoxy) is 2. The molecule has 232 valence electrons. The van der Waals surface area contributed by atoms with Crippen molar-refractivity contribution in [3.05, 3.63) is 106 Å². The number of carbonyl (C=O) groups excluding carboxylic acids is 1. The molecule has 6 nitrogen and oxygen atoms in total. The predicted molar refractivity (Wildman–Crippen MR) is 157 cm³/mol. The number of hydrogen-bond acceptors (Lipinski definition) is 5. The van der Waals surface area contributed by atoms with Crippen LogP contribution in [-0.2, 0) is 23.3 Å². The van der Waals surface area contributed by atoms with Crippen molar-refractivity contribution in [2.75, 3.05) is 26.8 Å². The quantitative estimate of drug-likeness (QED) is 0.170. The van der Waals surface area contributed by atoms with Crippen LogP contribution in [0.4, 0.5) is 17.6 Å². The van der Waals surface area contributed by atoms with E-state index in [-0.39, 0.29) is 42.5 Å². The second kappa shape index (κ2) is 12.6. The first-order valence-electron chi connectivity index (χ1n) is 15.0. The largest absolute Gasteiger partial charge is 0.497 e. The second-order valence-electron chi connectivity index (χ2n) is 11.7. The third kappa shape index (κ3) is 6.19. The molecule has 6 rings (SSSR count). The van der Waals surface area contributed by atoms with E-state index in [0.717, 1.165) is 36.1 Å². The van der Waals surface area contributed by atoms with Gasteiger partial charge in [-0.05, 0) is 73.6 Å². The van der Waals surface area contributed by atoms with Crippen LogP contribution in [-0.4, -0.2) is 49.7 Å². The fourth-order valence-electron chi connectivity index (χ4n) is 6.13. The SMILES string of the molecule is COc1ccc(F)c(CN(C(=O)C2=CCC3(c4ccc(CCCOc5c(F)ccc(F)c5F)cc4)CNCC2N3)C2CC2)c1. The number of hydrogen-bond donors (Lipinski definition) is 2. The Hall–Kier alpha value is -3.89. The average Bonchev–Trinajstić information content (AvgIpc) is 3.88. The Labute approximate surface area is 254 Å². The maximum Gasteiger partial charge on any atom is 0.251 e. The molecule has 10 heteroatoms. The highest BCUT2D eigenvalue weighted by Crippen LogP contribution is 2.37. The Morgan fingerprint density at radius 1 is 1.00 bits per heavy atom. The lowest BCUT2D eigenvalue weighted by molar-refractivity contribution is -0.129. The third-order valence-corrected chi connectivity index (χ3v) is 8.73. The Morgan fingerprint density at radius 2 is 1.75 bits per heavy atom. The first-order valence-corrected chi connectivity index (χ1v) is 15.0. The van der Waals surface area contributed by atoms with Gasteiger partial charge in [-0.2, -0.15) is 4.39 Å². The molecule has 2 heterocycles. The van der Waals surface area contributed by atoms with Crippen LogP contribution in [0.1, 0.15) is 42.4 Å². The van der Waals surface area contributed by atoms with Gasteiger partial charge in [0.05, 0.1) is 25.3 Å². The number of nitrogens with zero attached hydrogens (tertiary/aromatic N) is 1. The van der Waals surface area contributed by atoms with Crippen LogP contribution in [0.25, 0.3) is 0 Å². The van der Waals surface area contributed by atoms with Crippen molar-refractivity contribution in [2.45, 2.75) is 56.3 Å². The Kier molecular flexibility index (Phi) is 8.64. The van der Waals surface area contributed by atoms with Gasteiger partial charge >= 0.3 is 0 Å². The van der Waals surface area contributed by atoms with Crippen LogP contribution < -0.4 is 20.1 Å². The smallest absolute Gasteiger partial charge is 0.251 e. The minimum Gasteiger partial charge on any atom is -0.497 e. The second-order valence-corrected chi connectivity index (χ2v) is 11.7. The minimum absolute atomic E-state index is 0.0417. The molecule has 2 unspecified atom stereocenters. The number of fused-ring (bicyclic) bond motifs is 2. The van der Waals surface area contributed by atoms with Crippen LogP contribution in [0.3, 0.4) is 0 Å². The molecule has 0 aromatic heterocycles. The summed E-state index contributed by atoms with van der Waals surface area (Å²) < 4.78 is 66.1. The van der Waals surface area contributed by atoms with Crippen molar-refractivity contribution >= 4 is 5.91 Å². The van der Waals surface area contributed by atoms with E-state index < -0.39 is 23.2 Å². The number of aryl methyl sites for hydroxylation is 1. The summed E-state index contributed by atoms with van der Waals surface area (Å²) in [6.07, 6.45) is 5.57. The summed E-state index contributed by atoms with van der Waals surface area (Å²) >= 11 is 0. The molecule has 2 bridgehead atoms. The van der Waals surface area contributed by atoms with Gasteiger partial charge in [0.25, 0.3) is 5.91 Å². The number of carbonyl (C=O) groups is 1. The molecule has 0 spiro atoms. The number of halogens is 4. The van der Waals surface area contributed by atoms with E-state index >= 15 is 0 Å². The van der Waals surface area contributed by atoms with E-state index in [9.17, 15) is 22.4 Å². The molecular formula is C34H35F4N3O3. The zero-order chi connectivity index (χ0) is 30.8. The molecule has 2 fully saturated rings. The lowest BCUT2D eigenvalue weighted by atomic mass is 9.78. The molecule has 2 atom stereocenters. The molecule has 1 saturated carbocycles. The van der Waals surface area contributed by atoms with E-state index in [0.29, 0.717) is 49.2 Å². The van der Waals surface area contributed by atoms with E-state index in [2.05, 4.69) is 22.8 Å². The van der Waals surface area contributed by atoms with Gasteiger partial charge < -0.3 is 19.7 Å². The zero-order valence-corrected chi connectivity index (χ0v) is 24.5. The van der Waals surface area contributed by atoms with Crippen molar-refractivity contribution in [1.82, 2.24) is 15.5 Å². The van der Waals surface area contributed by atoms with Crippen LogP contribution in [0.2, 0.25) is 0 Å². The van der Waals surface area contributed by atoms with Crippen LogP contribution in [0.15, 0.2) is 66.2 Å². The molecule has 0 radical (unpaired) electrons. The lowest BCUT2D eigenvalue weighted by Gasteiger charge is -2.47. The first kappa shape index (κ1) is 30.1. The summed E-state index contributed by atoms with van der Waals surface area (Å²) in [6, 6.07) is 14.2. The van der Waals surface area contributed by atoms with Gasteiger partial charge in [0.2, 0.25) is 5.82 Å². The average molecular weight is 610 g/mol. The molecule has 3 aliphatic rings. The predicted octanol–water partition coefficient (Wildman–Crippen LogP) is 5.54. The van der Waals surface area contributed by atoms with Gasteiger partial charge in [0.1, 0.15) is 11.6 Å².